The van der Waals surface area contributed by atoms with Gasteiger partial charge in [0.05, 0.1) is 17.5 Å². The number of halogens is 4. The maximum absolute atomic E-state index is 13.8. The molecule has 1 aliphatic rings. The van der Waals surface area contributed by atoms with E-state index in [1.165, 1.54) is 12.1 Å². The highest BCUT2D eigenvalue weighted by atomic mass is 19.4. The highest BCUT2D eigenvalue weighted by molar-refractivity contribution is 5.98. The lowest BCUT2D eigenvalue weighted by molar-refractivity contribution is -0.207. The summed E-state index contributed by atoms with van der Waals surface area (Å²) in [5, 5.41) is 4.61. The molecule has 122 valence electrons. The molecule has 0 bridgehead atoms. The lowest BCUT2D eigenvalue weighted by Crippen LogP contribution is -2.50. The molecule has 2 rings (SSSR count). The molecule has 1 aromatic rings. The normalized spacial score (nSPS) is 22.4. The Bertz CT molecular complexity index is 593. The number of nitrogens with zero attached hydrogens (tertiary/aromatic N) is 2. The van der Waals surface area contributed by atoms with Gasteiger partial charge in [-0.2, -0.15) is 13.2 Å². The van der Waals surface area contributed by atoms with E-state index in [0.29, 0.717) is 11.3 Å². The molecule has 0 aliphatic heterocycles. The first kappa shape index (κ1) is 16.3. The predicted octanol–water partition coefficient (Wildman–Crippen LogP) is 1.85. The maximum atomic E-state index is 13.8. The van der Waals surface area contributed by atoms with Gasteiger partial charge in [-0.05, 0) is 37.5 Å². The van der Waals surface area contributed by atoms with Crippen LogP contribution in [0.5, 0.6) is 0 Å². The number of rotatable bonds is 3. The lowest BCUT2D eigenvalue weighted by Gasteiger charge is -2.39. The highest BCUT2D eigenvalue weighted by Gasteiger charge is 2.49. The number of nitrogens with two attached hydrogens (primary N) is 3. The van der Waals surface area contributed by atoms with E-state index in [1.807, 2.05) is 0 Å². The number of aryl methyl sites for hydroxylation is 1. The zero-order valence-corrected chi connectivity index (χ0v) is 11.9. The average molecular weight is 319 g/mol. The van der Waals surface area contributed by atoms with Crippen molar-refractivity contribution in [3.63, 3.8) is 0 Å². The topological polar surface area (TPSA) is 93.7 Å². The standard InChI is InChI=1S/C13H17F4N5/c1-6-2-10(14)9(5-11(6)18)12(19)21-22(20)8-3-7(4-8)13(15,16)17/h2,5,7-8H,3-4,18,20H2,1H3,(H2,19,21). The summed E-state index contributed by atoms with van der Waals surface area (Å²) in [6.45, 7) is 1.64. The molecule has 0 aromatic heterocycles. The number of nitrogen functional groups attached to an aromatic ring is 1. The van der Waals surface area contributed by atoms with Crippen LogP contribution in [0.15, 0.2) is 17.2 Å². The summed E-state index contributed by atoms with van der Waals surface area (Å²) in [4.78, 5) is 0. The van der Waals surface area contributed by atoms with Crippen LogP contribution in [0.3, 0.4) is 0 Å². The highest BCUT2D eigenvalue weighted by Crippen LogP contribution is 2.42. The number of hydrazone groups is 1. The van der Waals surface area contributed by atoms with Crippen molar-refractivity contribution in [2.24, 2.45) is 22.6 Å². The molecule has 6 N–H and O–H groups in total. The van der Waals surface area contributed by atoms with Gasteiger partial charge in [0.25, 0.3) is 0 Å². The number of amidine groups is 1. The molecule has 0 saturated heterocycles. The molecule has 0 atom stereocenters. The molecule has 22 heavy (non-hydrogen) atoms. The van der Waals surface area contributed by atoms with Crippen molar-refractivity contribution < 1.29 is 17.6 Å². The van der Waals surface area contributed by atoms with E-state index in [2.05, 4.69) is 5.10 Å². The molecule has 9 heteroatoms. The Balaban J connectivity index is 2.09. The summed E-state index contributed by atoms with van der Waals surface area (Å²) >= 11 is 0. The van der Waals surface area contributed by atoms with Crippen LogP contribution in [-0.2, 0) is 0 Å². The van der Waals surface area contributed by atoms with E-state index >= 15 is 0 Å². The Morgan fingerprint density at radius 3 is 2.45 bits per heavy atom. The Labute approximate surface area is 124 Å². The number of hydrogen-bond donors (Lipinski definition) is 3. The third kappa shape index (κ3) is 3.24. The van der Waals surface area contributed by atoms with Gasteiger partial charge in [-0.15, -0.1) is 5.10 Å². The summed E-state index contributed by atoms with van der Waals surface area (Å²) < 4.78 is 51.1. The van der Waals surface area contributed by atoms with Gasteiger partial charge >= 0.3 is 6.18 Å². The smallest absolute Gasteiger partial charge is 0.391 e. The van der Waals surface area contributed by atoms with E-state index in [4.69, 9.17) is 17.3 Å². The van der Waals surface area contributed by atoms with Crippen molar-refractivity contribution >= 4 is 11.5 Å². The zero-order valence-electron chi connectivity index (χ0n) is 11.9. The van der Waals surface area contributed by atoms with Gasteiger partial charge in [0.15, 0.2) is 5.84 Å². The molecule has 0 amide bonds. The van der Waals surface area contributed by atoms with Gasteiger partial charge in [0, 0.05) is 5.69 Å². The zero-order chi connectivity index (χ0) is 16.7. The number of hydrogen-bond acceptors (Lipinski definition) is 4. The third-order valence-corrected chi connectivity index (χ3v) is 3.81. The maximum Gasteiger partial charge on any atom is 0.391 e. The van der Waals surface area contributed by atoms with Crippen LogP contribution in [0.4, 0.5) is 23.2 Å². The fraction of sp³-hybridized carbons (Fsp3) is 0.462. The first-order chi connectivity index (χ1) is 10.1. The minimum absolute atomic E-state index is 0.0368. The van der Waals surface area contributed by atoms with Gasteiger partial charge < -0.3 is 11.5 Å². The monoisotopic (exact) mass is 319 g/mol. The quantitative estimate of drug-likeness (QED) is 0.198. The summed E-state index contributed by atoms with van der Waals surface area (Å²) in [6, 6.07) is 1.95. The SMILES string of the molecule is Cc1cc(F)c(/C(N)=N/N(N)C2CC(C(F)(F)F)C2)cc1N. The third-order valence-electron chi connectivity index (χ3n) is 3.81. The Hall–Kier alpha value is -2.03. The van der Waals surface area contributed by atoms with Crippen molar-refractivity contribution in [3.8, 4) is 0 Å². The summed E-state index contributed by atoms with van der Waals surface area (Å²) in [5.74, 6) is 3.35. The van der Waals surface area contributed by atoms with E-state index in [1.54, 1.807) is 6.92 Å². The molecule has 0 unspecified atom stereocenters. The van der Waals surface area contributed by atoms with E-state index in [0.717, 1.165) is 5.12 Å². The van der Waals surface area contributed by atoms with Gasteiger partial charge in [0.2, 0.25) is 0 Å². The van der Waals surface area contributed by atoms with E-state index in [-0.39, 0.29) is 24.2 Å². The predicted molar refractivity (Wildman–Crippen MR) is 74.9 cm³/mol. The summed E-state index contributed by atoms with van der Waals surface area (Å²) in [5.41, 5.74) is 12.2. The molecular formula is C13H17F4N5. The van der Waals surface area contributed by atoms with Crippen LogP contribution in [0, 0.1) is 18.7 Å². The number of benzene rings is 1. The molecule has 0 spiro atoms. The Kier molecular flexibility index (Phi) is 4.19. The first-order valence-electron chi connectivity index (χ1n) is 6.60. The van der Waals surface area contributed by atoms with Crippen molar-refractivity contribution in [1.82, 2.24) is 5.12 Å². The first-order valence-corrected chi connectivity index (χ1v) is 6.60. The molecule has 5 nitrogen and oxygen atoms in total. The van der Waals surface area contributed by atoms with Crippen LogP contribution < -0.4 is 17.3 Å². The Morgan fingerprint density at radius 2 is 1.91 bits per heavy atom. The summed E-state index contributed by atoms with van der Waals surface area (Å²) in [6.07, 6.45) is -4.55. The lowest BCUT2D eigenvalue weighted by atomic mass is 9.80. The molecule has 1 saturated carbocycles. The van der Waals surface area contributed by atoms with E-state index in [9.17, 15) is 17.6 Å². The van der Waals surface area contributed by atoms with Crippen LogP contribution in [0.2, 0.25) is 0 Å². The second-order valence-corrected chi connectivity index (χ2v) is 5.42. The van der Waals surface area contributed by atoms with Gasteiger partial charge in [-0.3, -0.25) is 0 Å². The van der Waals surface area contributed by atoms with Crippen molar-refractivity contribution in [3.05, 3.63) is 29.1 Å². The molecule has 0 radical (unpaired) electrons. The second kappa shape index (κ2) is 5.64. The minimum Gasteiger partial charge on any atom is -0.398 e. The van der Waals surface area contributed by atoms with Gasteiger partial charge in [0.1, 0.15) is 5.82 Å². The molecule has 1 aromatic carbocycles. The van der Waals surface area contributed by atoms with Crippen LogP contribution in [0.25, 0.3) is 0 Å². The second-order valence-electron chi connectivity index (χ2n) is 5.42. The van der Waals surface area contributed by atoms with Crippen LogP contribution in [0.1, 0.15) is 24.0 Å². The summed E-state index contributed by atoms with van der Waals surface area (Å²) in [7, 11) is 0. The number of anilines is 1. The fourth-order valence-electron chi connectivity index (χ4n) is 2.22. The minimum atomic E-state index is -4.23. The van der Waals surface area contributed by atoms with Crippen LogP contribution >= 0.6 is 0 Å². The van der Waals surface area contributed by atoms with Crippen LogP contribution in [-0.4, -0.2) is 23.2 Å². The fourth-order valence-corrected chi connectivity index (χ4v) is 2.22. The molecule has 1 fully saturated rings. The van der Waals surface area contributed by atoms with Gasteiger partial charge in [-0.25, -0.2) is 15.4 Å². The largest absolute Gasteiger partial charge is 0.398 e. The number of alkyl halides is 3. The van der Waals surface area contributed by atoms with Gasteiger partial charge in [-0.1, -0.05) is 0 Å². The molecule has 1 aliphatic carbocycles. The van der Waals surface area contributed by atoms with Crippen molar-refractivity contribution in [2.75, 3.05) is 5.73 Å². The number of hydrazine groups is 1. The van der Waals surface area contributed by atoms with Crippen molar-refractivity contribution in [2.45, 2.75) is 32.0 Å². The van der Waals surface area contributed by atoms with E-state index < -0.39 is 24.0 Å². The average Bonchev–Trinajstić information content (AvgIpc) is 2.29. The Morgan fingerprint density at radius 1 is 1.32 bits per heavy atom. The molecular weight excluding hydrogens is 302 g/mol. The van der Waals surface area contributed by atoms with Crippen molar-refractivity contribution in [1.29, 1.82) is 0 Å². The molecule has 0 heterocycles.